The third-order valence-corrected chi connectivity index (χ3v) is 3.46. The Labute approximate surface area is 123 Å². The van der Waals surface area contributed by atoms with Gasteiger partial charge in [0.05, 0.1) is 30.6 Å². The molecule has 21 heavy (non-hydrogen) atoms. The lowest BCUT2D eigenvalue weighted by molar-refractivity contribution is 0.415. The first-order valence-electron chi connectivity index (χ1n) is 6.76. The van der Waals surface area contributed by atoms with Crippen molar-refractivity contribution in [1.29, 1.82) is 5.26 Å². The Balaban J connectivity index is 2.10. The summed E-state index contributed by atoms with van der Waals surface area (Å²) in [5, 5.41) is 9.01. The Kier molecular flexibility index (Phi) is 3.57. The summed E-state index contributed by atoms with van der Waals surface area (Å²) in [7, 11) is 1.64. The van der Waals surface area contributed by atoms with E-state index in [9.17, 15) is 0 Å². The van der Waals surface area contributed by atoms with Crippen LogP contribution in [0.25, 0.3) is 11.0 Å². The van der Waals surface area contributed by atoms with Crippen molar-refractivity contribution in [3.05, 3.63) is 59.9 Å². The number of fused-ring (bicyclic) bond motifs is 1. The lowest BCUT2D eigenvalue weighted by Crippen LogP contribution is -2.04. The van der Waals surface area contributed by atoms with E-state index >= 15 is 0 Å². The van der Waals surface area contributed by atoms with Crippen molar-refractivity contribution in [2.24, 2.45) is 0 Å². The fourth-order valence-electron chi connectivity index (χ4n) is 2.43. The summed E-state index contributed by atoms with van der Waals surface area (Å²) in [4.78, 5) is 4.57. The van der Waals surface area contributed by atoms with Gasteiger partial charge in [0.1, 0.15) is 11.6 Å². The highest BCUT2D eigenvalue weighted by molar-refractivity contribution is 5.78. The van der Waals surface area contributed by atoms with Gasteiger partial charge in [-0.05, 0) is 17.7 Å². The molecule has 4 heteroatoms. The fourth-order valence-corrected chi connectivity index (χ4v) is 2.43. The van der Waals surface area contributed by atoms with Gasteiger partial charge in [-0.15, -0.1) is 0 Å². The number of nitriles is 1. The largest absolute Gasteiger partial charge is 0.497 e. The third-order valence-electron chi connectivity index (χ3n) is 3.46. The minimum Gasteiger partial charge on any atom is -0.497 e. The number of rotatable bonds is 4. The standard InChI is InChI=1S/C17H15N3O/c1-21-14-7-8-16-15(11-14)19-17(9-10-18)20(16)12-13-5-3-2-4-6-13/h2-8,11H,9,12H2,1H3. The zero-order valence-electron chi connectivity index (χ0n) is 11.8. The number of ether oxygens (including phenoxy) is 1. The van der Waals surface area contributed by atoms with E-state index < -0.39 is 0 Å². The van der Waals surface area contributed by atoms with Gasteiger partial charge in [-0.3, -0.25) is 0 Å². The van der Waals surface area contributed by atoms with E-state index in [2.05, 4.69) is 27.8 Å². The lowest BCUT2D eigenvalue weighted by atomic mass is 10.2. The molecule has 1 aromatic heterocycles. The quantitative estimate of drug-likeness (QED) is 0.736. The highest BCUT2D eigenvalue weighted by Gasteiger charge is 2.11. The molecule has 3 rings (SSSR count). The van der Waals surface area contributed by atoms with E-state index in [1.54, 1.807) is 7.11 Å². The van der Waals surface area contributed by atoms with Gasteiger partial charge in [0.25, 0.3) is 0 Å². The number of hydrogen-bond acceptors (Lipinski definition) is 3. The van der Waals surface area contributed by atoms with Crippen molar-refractivity contribution >= 4 is 11.0 Å². The molecule has 0 saturated heterocycles. The van der Waals surface area contributed by atoms with E-state index in [-0.39, 0.29) is 0 Å². The zero-order valence-corrected chi connectivity index (χ0v) is 11.8. The monoisotopic (exact) mass is 277 g/mol. The molecule has 0 radical (unpaired) electrons. The van der Waals surface area contributed by atoms with Crippen molar-refractivity contribution < 1.29 is 4.74 Å². The van der Waals surface area contributed by atoms with Gasteiger partial charge in [0.2, 0.25) is 0 Å². The summed E-state index contributed by atoms with van der Waals surface area (Å²) >= 11 is 0. The maximum Gasteiger partial charge on any atom is 0.124 e. The van der Waals surface area contributed by atoms with Crippen LogP contribution in [0.1, 0.15) is 11.4 Å². The van der Waals surface area contributed by atoms with Crippen LogP contribution in [-0.4, -0.2) is 16.7 Å². The summed E-state index contributed by atoms with van der Waals surface area (Å²) in [5.41, 5.74) is 3.06. The van der Waals surface area contributed by atoms with Crippen LogP contribution in [-0.2, 0) is 13.0 Å². The Morgan fingerprint density at radius 1 is 1.19 bits per heavy atom. The summed E-state index contributed by atoms with van der Waals surface area (Å²) in [5.74, 6) is 1.56. The first-order valence-corrected chi connectivity index (χ1v) is 6.76. The van der Waals surface area contributed by atoms with E-state index in [1.807, 2.05) is 36.4 Å². The molecule has 0 aliphatic carbocycles. The molecule has 0 N–H and O–H groups in total. The second-order valence-electron chi connectivity index (χ2n) is 4.79. The van der Waals surface area contributed by atoms with E-state index in [0.29, 0.717) is 13.0 Å². The smallest absolute Gasteiger partial charge is 0.124 e. The van der Waals surface area contributed by atoms with Crippen LogP contribution in [0.3, 0.4) is 0 Å². The topological polar surface area (TPSA) is 50.8 Å². The third kappa shape index (κ3) is 2.59. The van der Waals surface area contributed by atoms with E-state index in [0.717, 1.165) is 22.6 Å². The Morgan fingerprint density at radius 2 is 2.00 bits per heavy atom. The van der Waals surface area contributed by atoms with Crippen molar-refractivity contribution in [3.63, 3.8) is 0 Å². The number of benzene rings is 2. The van der Waals surface area contributed by atoms with Gasteiger partial charge in [0.15, 0.2) is 0 Å². The molecule has 0 atom stereocenters. The second kappa shape index (κ2) is 5.68. The van der Waals surface area contributed by atoms with E-state index in [4.69, 9.17) is 10.00 Å². The molecule has 4 nitrogen and oxygen atoms in total. The number of hydrogen-bond donors (Lipinski definition) is 0. The predicted molar refractivity (Wildman–Crippen MR) is 81.1 cm³/mol. The molecular formula is C17H15N3O. The molecular weight excluding hydrogens is 262 g/mol. The molecule has 1 heterocycles. The van der Waals surface area contributed by atoms with Gasteiger partial charge in [-0.1, -0.05) is 30.3 Å². The van der Waals surface area contributed by atoms with Crippen molar-refractivity contribution in [2.45, 2.75) is 13.0 Å². The molecule has 0 aliphatic rings. The first-order chi connectivity index (χ1) is 10.3. The highest BCUT2D eigenvalue weighted by Crippen LogP contribution is 2.23. The molecule has 0 fully saturated rings. The minimum atomic E-state index is 0.295. The Morgan fingerprint density at radius 3 is 2.71 bits per heavy atom. The fraction of sp³-hybridized carbons (Fsp3) is 0.176. The maximum atomic E-state index is 9.01. The summed E-state index contributed by atoms with van der Waals surface area (Å²) in [6.45, 7) is 0.709. The van der Waals surface area contributed by atoms with Gasteiger partial charge >= 0.3 is 0 Å². The number of aromatic nitrogens is 2. The zero-order chi connectivity index (χ0) is 14.7. The Bertz CT molecular complexity index is 800. The molecule has 3 aromatic rings. The van der Waals surface area contributed by atoms with Crippen LogP contribution in [0.5, 0.6) is 5.75 Å². The second-order valence-corrected chi connectivity index (χ2v) is 4.79. The molecule has 0 aliphatic heterocycles. The predicted octanol–water partition coefficient (Wildman–Crippen LogP) is 3.16. The minimum absolute atomic E-state index is 0.295. The average Bonchev–Trinajstić information content (AvgIpc) is 2.85. The van der Waals surface area contributed by atoms with Crippen LogP contribution in [0, 0.1) is 11.3 Å². The number of imidazole rings is 1. The van der Waals surface area contributed by atoms with Crippen LogP contribution in [0.2, 0.25) is 0 Å². The molecule has 0 bridgehead atoms. The van der Waals surface area contributed by atoms with E-state index in [1.165, 1.54) is 5.56 Å². The number of nitrogens with zero attached hydrogens (tertiary/aromatic N) is 3. The van der Waals surface area contributed by atoms with Crippen molar-refractivity contribution in [2.75, 3.05) is 7.11 Å². The molecule has 0 spiro atoms. The van der Waals surface area contributed by atoms with Crippen LogP contribution >= 0.6 is 0 Å². The molecule has 0 unspecified atom stereocenters. The maximum absolute atomic E-state index is 9.01. The van der Waals surface area contributed by atoms with Crippen LogP contribution < -0.4 is 4.74 Å². The normalized spacial score (nSPS) is 10.5. The average molecular weight is 277 g/mol. The van der Waals surface area contributed by atoms with Crippen molar-refractivity contribution in [1.82, 2.24) is 9.55 Å². The lowest BCUT2D eigenvalue weighted by Gasteiger charge is -2.08. The van der Waals surface area contributed by atoms with Crippen LogP contribution in [0.15, 0.2) is 48.5 Å². The Hall–Kier alpha value is -2.80. The SMILES string of the molecule is COc1ccc2c(c1)nc(CC#N)n2Cc1ccccc1. The summed E-state index contributed by atoms with van der Waals surface area (Å²) in [6.07, 6.45) is 0.295. The van der Waals surface area contributed by atoms with Crippen LogP contribution in [0.4, 0.5) is 0 Å². The van der Waals surface area contributed by atoms with Crippen molar-refractivity contribution in [3.8, 4) is 11.8 Å². The van der Waals surface area contributed by atoms with Gasteiger partial charge in [-0.25, -0.2) is 4.98 Å². The molecule has 2 aromatic carbocycles. The summed E-state index contributed by atoms with van der Waals surface area (Å²) in [6, 6.07) is 18.2. The van der Waals surface area contributed by atoms with Gasteiger partial charge < -0.3 is 9.30 Å². The molecule has 104 valence electrons. The van der Waals surface area contributed by atoms with Gasteiger partial charge in [0, 0.05) is 12.6 Å². The first kappa shape index (κ1) is 13.2. The molecule has 0 amide bonds. The number of methoxy groups -OCH3 is 1. The summed E-state index contributed by atoms with van der Waals surface area (Å²) < 4.78 is 7.33. The van der Waals surface area contributed by atoms with Gasteiger partial charge in [-0.2, -0.15) is 5.26 Å². The highest BCUT2D eigenvalue weighted by atomic mass is 16.5. The molecule has 0 saturated carbocycles.